The molecule has 2 nitrogen and oxygen atoms in total. The Morgan fingerprint density at radius 1 is 1.14 bits per heavy atom. The summed E-state index contributed by atoms with van der Waals surface area (Å²) in [7, 11) is 1.56. The van der Waals surface area contributed by atoms with Crippen LogP contribution < -0.4 is 10.5 Å². The zero-order valence-electron chi connectivity index (χ0n) is 11.2. The molecule has 0 aliphatic carbocycles. The molecule has 1 unspecified atom stereocenters. The van der Waals surface area contributed by atoms with Crippen LogP contribution in [-0.2, 0) is 6.42 Å². The fourth-order valence-corrected chi connectivity index (χ4v) is 2.94. The zero-order valence-corrected chi connectivity index (χ0v) is 14.3. The van der Waals surface area contributed by atoms with Gasteiger partial charge in [0.1, 0.15) is 17.4 Å². The van der Waals surface area contributed by atoms with Crippen LogP contribution >= 0.6 is 31.9 Å². The maximum atomic E-state index is 14.0. The van der Waals surface area contributed by atoms with Gasteiger partial charge in [0.15, 0.2) is 0 Å². The van der Waals surface area contributed by atoms with E-state index in [0.29, 0.717) is 5.75 Å². The molecule has 0 spiro atoms. The average Bonchev–Trinajstić information content (AvgIpc) is 2.47. The van der Waals surface area contributed by atoms with E-state index in [1.54, 1.807) is 25.3 Å². The van der Waals surface area contributed by atoms with Gasteiger partial charge in [-0.15, -0.1) is 0 Å². The summed E-state index contributed by atoms with van der Waals surface area (Å²) in [6.45, 7) is 0. The van der Waals surface area contributed by atoms with Gasteiger partial charge in [0.2, 0.25) is 0 Å². The number of nitrogens with two attached hydrogens (primary N) is 1. The molecule has 6 heteroatoms. The Bertz CT molecular complexity index is 664. The van der Waals surface area contributed by atoms with Crippen molar-refractivity contribution in [1.82, 2.24) is 0 Å². The molecule has 0 aliphatic rings. The molecule has 0 heterocycles. The maximum Gasteiger partial charge on any atom is 0.143 e. The van der Waals surface area contributed by atoms with Gasteiger partial charge in [0.25, 0.3) is 0 Å². The average molecular weight is 421 g/mol. The lowest BCUT2D eigenvalue weighted by Gasteiger charge is -2.15. The highest BCUT2D eigenvalue weighted by atomic mass is 79.9. The Morgan fingerprint density at radius 3 is 2.48 bits per heavy atom. The molecule has 0 saturated carbocycles. The summed E-state index contributed by atoms with van der Waals surface area (Å²) in [6.07, 6.45) is 0.0654. The maximum absolute atomic E-state index is 14.0. The van der Waals surface area contributed by atoms with Crippen LogP contribution in [0.25, 0.3) is 0 Å². The number of rotatable bonds is 4. The first-order valence-electron chi connectivity index (χ1n) is 6.15. The third kappa shape index (κ3) is 3.62. The monoisotopic (exact) mass is 419 g/mol. The highest BCUT2D eigenvalue weighted by Gasteiger charge is 2.17. The second kappa shape index (κ2) is 6.85. The van der Waals surface area contributed by atoms with Crippen molar-refractivity contribution in [3.8, 4) is 5.75 Å². The molecule has 0 bridgehead atoms. The molecule has 0 aliphatic heterocycles. The Hall–Kier alpha value is -0.980. The van der Waals surface area contributed by atoms with Gasteiger partial charge in [-0.2, -0.15) is 0 Å². The number of hydrogen-bond acceptors (Lipinski definition) is 2. The minimum Gasteiger partial charge on any atom is -0.496 e. The second-order valence-corrected chi connectivity index (χ2v) is 6.24. The molecule has 0 saturated heterocycles. The molecular formula is C15H13Br2F2NO. The van der Waals surface area contributed by atoms with Crippen LogP contribution in [0.15, 0.2) is 39.3 Å². The quantitative estimate of drug-likeness (QED) is 0.725. The van der Waals surface area contributed by atoms with Crippen LogP contribution in [0.5, 0.6) is 5.75 Å². The van der Waals surface area contributed by atoms with E-state index in [4.69, 9.17) is 10.5 Å². The Morgan fingerprint density at radius 2 is 1.86 bits per heavy atom. The van der Waals surface area contributed by atoms with Crippen LogP contribution in [0.2, 0.25) is 0 Å². The molecule has 2 rings (SSSR count). The van der Waals surface area contributed by atoms with Gasteiger partial charge in [-0.1, -0.05) is 6.07 Å². The number of methoxy groups -OCH3 is 1. The molecule has 0 amide bonds. The fourth-order valence-electron chi connectivity index (χ4n) is 2.01. The van der Waals surface area contributed by atoms with Crippen LogP contribution in [-0.4, -0.2) is 7.11 Å². The van der Waals surface area contributed by atoms with E-state index in [1.807, 2.05) is 0 Å². The molecule has 0 radical (unpaired) electrons. The van der Waals surface area contributed by atoms with Gasteiger partial charge in [-0.3, -0.25) is 0 Å². The molecule has 2 aromatic rings. The lowest BCUT2D eigenvalue weighted by molar-refractivity contribution is 0.412. The lowest BCUT2D eigenvalue weighted by Crippen LogP contribution is -2.15. The van der Waals surface area contributed by atoms with Gasteiger partial charge in [0, 0.05) is 11.6 Å². The topological polar surface area (TPSA) is 35.2 Å². The summed E-state index contributed by atoms with van der Waals surface area (Å²) in [4.78, 5) is 0. The first-order valence-corrected chi connectivity index (χ1v) is 7.74. The van der Waals surface area contributed by atoms with E-state index in [9.17, 15) is 8.78 Å². The summed E-state index contributed by atoms with van der Waals surface area (Å²) in [5, 5.41) is 0. The van der Waals surface area contributed by atoms with Crippen molar-refractivity contribution in [2.24, 2.45) is 5.73 Å². The third-order valence-corrected chi connectivity index (χ3v) is 4.40. The summed E-state index contributed by atoms with van der Waals surface area (Å²) >= 11 is 6.42. The molecular weight excluding hydrogens is 408 g/mol. The lowest BCUT2D eigenvalue weighted by atomic mass is 9.99. The van der Waals surface area contributed by atoms with Crippen molar-refractivity contribution in [2.75, 3.05) is 7.11 Å². The van der Waals surface area contributed by atoms with Crippen LogP contribution in [0.1, 0.15) is 17.2 Å². The SMILES string of the molecule is COc1ccc(C(N)Cc2c(F)ccc(Br)c2F)cc1Br. The first-order chi connectivity index (χ1) is 9.93. The van der Waals surface area contributed by atoms with Crippen molar-refractivity contribution in [2.45, 2.75) is 12.5 Å². The van der Waals surface area contributed by atoms with E-state index in [-0.39, 0.29) is 16.5 Å². The number of benzene rings is 2. The molecule has 112 valence electrons. The third-order valence-electron chi connectivity index (χ3n) is 3.17. The number of hydrogen-bond donors (Lipinski definition) is 1. The predicted octanol–water partition coefficient (Wildman–Crippen LogP) is 4.74. The van der Waals surface area contributed by atoms with Crippen molar-refractivity contribution in [3.63, 3.8) is 0 Å². The minimum atomic E-state index is -0.613. The van der Waals surface area contributed by atoms with Gasteiger partial charge in [0.05, 0.1) is 16.1 Å². The molecule has 0 aromatic heterocycles. The molecule has 2 N–H and O–H groups in total. The summed E-state index contributed by atoms with van der Waals surface area (Å²) in [6, 6.07) is 7.36. The van der Waals surface area contributed by atoms with Crippen molar-refractivity contribution < 1.29 is 13.5 Å². The molecule has 21 heavy (non-hydrogen) atoms. The largest absolute Gasteiger partial charge is 0.496 e. The molecule has 0 fully saturated rings. The Kier molecular flexibility index (Phi) is 5.35. The second-order valence-electron chi connectivity index (χ2n) is 4.53. The van der Waals surface area contributed by atoms with Gasteiger partial charge >= 0.3 is 0 Å². The van der Waals surface area contributed by atoms with Crippen LogP contribution in [0.3, 0.4) is 0 Å². The Labute approximate surface area is 138 Å². The van der Waals surface area contributed by atoms with E-state index in [0.717, 1.165) is 10.0 Å². The normalized spacial score (nSPS) is 12.3. The standard InChI is InChI=1S/C15H13Br2F2NO/c1-21-14-5-2-8(6-11(14)17)13(20)7-9-12(18)4-3-10(16)15(9)19/h2-6,13H,7,20H2,1H3. The van der Waals surface area contributed by atoms with Crippen molar-refractivity contribution in [3.05, 3.63) is 62.0 Å². The smallest absolute Gasteiger partial charge is 0.143 e. The number of ether oxygens (including phenoxy) is 1. The number of halogens is 4. The van der Waals surface area contributed by atoms with E-state index in [1.165, 1.54) is 12.1 Å². The fraction of sp³-hybridized carbons (Fsp3) is 0.200. The summed E-state index contributed by atoms with van der Waals surface area (Å²) in [5.41, 5.74) is 6.81. The highest BCUT2D eigenvalue weighted by molar-refractivity contribution is 9.10. The Balaban J connectivity index is 2.28. The van der Waals surface area contributed by atoms with Crippen molar-refractivity contribution in [1.29, 1.82) is 0 Å². The van der Waals surface area contributed by atoms with E-state index >= 15 is 0 Å². The van der Waals surface area contributed by atoms with Crippen LogP contribution in [0.4, 0.5) is 8.78 Å². The molecule has 1 atom stereocenters. The highest BCUT2D eigenvalue weighted by Crippen LogP contribution is 2.30. The summed E-state index contributed by atoms with van der Waals surface area (Å²) in [5.74, 6) is -0.539. The van der Waals surface area contributed by atoms with Gasteiger partial charge < -0.3 is 10.5 Å². The van der Waals surface area contributed by atoms with Crippen molar-refractivity contribution >= 4 is 31.9 Å². The van der Waals surface area contributed by atoms with Crippen LogP contribution in [0, 0.1) is 11.6 Å². The van der Waals surface area contributed by atoms with Gasteiger partial charge in [-0.05, 0) is 68.1 Å². The van der Waals surface area contributed by atoms with E-state index in [2.05, 4.69) is 31.9 Å². The predicted molar refractivity (Wildman–Crippen MR) is 85.4 cm³/mol. The van der Waals surface area contributed by atoms with E-state index < -0.39 is 17.7 Å². The minimum absolute atomic E-state index is 0.0242. The van der Waals surface area contributed by atoms with Gasteiger partial charge in [-0.25, -0.2) is 8.78 Å². The first kappa shape index (κ1) is 16.4. The molecule has 2 aromatic carbocycles. The zero-order chi connectivity index (χ0) is 15.6. The summed E-state index contributed by atoms with van der Waals surface area (Å²) < 4.78 is 33.8.